The van der Waals surface area contributed by atoms with E-state index in [0.29, 0.717) is 29.8 Å². The molecular weight excluding hydrogens is 541 g/mol. The number of thiophene rings is 1. The van der Waals surface area contributed by atoms with Gasteiger partial charge in [0, 0.05) is 43.4 Å². The van der Waals surface area contributed by atoms with Crippen LogP contribution in [-0.4, -0.2) is 50.3 Å². The highest BCUT2D eigenvalue weighted by molar-refractivity contribution is 14.0. The Bertz CT molecular complexity index is 904. The van der Waals surface area contributed by atoms with Crippen molar-refractivity contribution in [3.8, 4) is 0 Å². The molecule has 0 amide bonds. The second-order valence-electron chi connectivity index (χ2n) is 6.65. The monoisotopic (exact) mass is 569 g/mol. The summed E-state index contributed by atoms with van der Waals surface area (Å²) < 4.78 is 27.5. The first-order valence-corrected chi connectivity index (χ1v) is 12.6. The number of hydrogen-bond donors (Lipinski definition) is 2. The van der Waals surface area contributed by atoms with Crippen LogP contribution in [0.1, 0.15) is 34.8 Å². The molecule has 1 fully saturated rings. The van der Waals surface area contributed by atoms with Crippen LogP contribution in [0.5, 0.6) is 0 Å². The first kappa shape index (κ1) is 24.5. The summed E-state index contributed by atoms with van der Waals surface area (Å²) in [6.45, 7) is 4.53. The highest BCUT2D eigenvalue weighted by atomic mass is 127. The molecule has 3 heterocycles. The third-order valence-corrected chi connectivity index (χ3v) is 8.81. The molecule has 0 aromatic carbocycles. The van der Waals surface area contributed by atoms with Crippen molar-refractivity contribution >= 4 is 62.6 Å². The number of piperidine rings is 1. The van der Waals surface area contributed by atoms with Gasteiger partial charge < -0.3 is 10.6 Å². The van der Waals surface area contributed by atoms with Gasteiger partial charge in [-0.25, -0.2) is 13.4 Å². The van der Waals surface area contributed by atoms with Crippen LogP contribution in [-0.2, 0) is 23.0 Å². The Labute approximate surface area is 198 Å². The fraction of sp³-hybridized carbons (Fsp3) is 0.556. The lowest BCUT2D eigenvalue weighted by Gasteiger charge is -2.25. The predicted molar refractivity (Wildman–Crippen MR) is 131 cm³/mol. The Morgan fingerprint density at radius 2 is 2.00 bits per heavy atom. The Balaban J connectivity index is 0.00000300. The molecule has 2 aromatic rings. The molecular formula is C18H28IN5O2S3. The van der Waals surface area contributed by atoms with Crippen LogP contribution >= 0.6 is 46.7 Å². The summed E-state index contributed by atoms with van der Waals surface area (Å²) in [7, 11) is -1.63. The molecule has 0 radical (unpaired) electrons. The summed E-state index contributed by atoms with van der Waals surface area (Å²) in [5, 5.41) is 9.66. The lowest BCUT2D eigenvalue weighted by Crippen LogP contribution is -2.37. The molecule has 0 spiro atoms. The number of guanidine groups is 1. The minimum atomic E-state index is -3.36. The van der Waals surface area contributed by atoms with Gasteiger partial charge in [-0.1, -0.05) is 6.42 Å². The molecule has 0 saturated carbocycles. The third-order valence-electron chi connectivity index (χ3n) is 4.54. The molecule has 2 N–H and O–H groups in total. The van der Waals surface area contributed by atoms with Gasteiger partial charge in [0.15, 0.2) is 5.96 Å². The highest BCUT2D eigenvalue weighted by Crippen LogP contribution is 2.27. The Hall–Kier alpha value is -0.760. The number of halogens is 1. The van der Waals surface area contributed by atoms with Crippen molar-refractivity contribution in [2.24, 2.45) is 4.99 Å². The van der Waals surface area contributed by atoms with E-state index in [1.165, 1.54) is 11.3 Å². The Kier molecular flexibility index (Phi) is 9.79. The van der Waals surface area contributed by atoms with E-state index in [1.54, 1.807) is 28.8 Å². The van der Waals surface area contributed by atoms with Crippen molar-refractivity contribution in [1.82, 2.24) is 19.9 Å². The average Bonchev–Trinajstić information content (AvgIpc) is 3.34. The number of sulfonamides is 1. The molecule has 1 saturated heterocycles. The summed E-state index contributed by atoms with van der Waals surface area (Å²) in [5.41, 5.74) is 1.08. The molecule has 3 rings (SSSR count). The maximum absolute atomic E-state index is 12.7. The third kappa shape index (κ3) is 6.88. The summed E-state index contributed by atoms with van der Waals surface area (Å²) in [6, 6.07) is 3.59. The van der Waals surface area contributed by atoms with Crippen LogP contribution in [0.15, 0.2) is 26.7 Å². The van der Waals surface area contributed by atoms with E-state index < -0.39 is 10.0 Å². The van der Waals surface area contributed by atoms with Gasteiger partial charge in [-0.2, -0.15) is 4.31 Å². The summed E-state index contributed by atoms with van der Waals surface area (Å²) in [4.78, 5) is 9.64. The van der Waals surface area contributed by atoms with Crippen molar-refractivity contribution in [2.45, 2.75) is 43.4 Å². The van der Waals surface area contributed by atoms with Crippen LogP contribution < -0.4 is 10.6 Å². The zero-order valence-electron chi connectivity index (χ0n) is 16.7. The van der Waals surface area contributed by atoms with Crippen LogP contribution in [0, 0.1) is 6.92 Å². The van der Waals surface area contributed by atoms with Gasteiger partial charge in [-0.05, 0) is 31.9 Å². The second-order valence-corrected chi connectivity index (χ2v) is 11.0. The zero-order chi connectivity index (χ0) is 20.0. The molecule has 1 aliphatic heterocycles. The molecule has 11 heteroatoms. The number of hydrogen-bond acceptors (Lipinski definition) is 6. The van der Waals surface area contributed by atoms with Gasteiger partial charge in [-0.15, -0.1) is 46.7 Å². The highest BCUT2D eigenvalue weighted by Gasteiger charge is 2.27. The maximum atomic E-state index is 12.7. The van der Waals surface area contributed by atoms with Gasteiger partial charge in [-0.3, -0.25) is 4.99 Å². The molecule has 0 bridgehead atoms. The van der Waals surface area contributed by atoms with Gasteiger partial charge >= 0.3 is 0 Å². The van der Waals surface area contributed by atoms with Crippen molar-refractivity contribution in [3.05, 3.63) is 33.1 Å². The van der Waals surface area contributed by atoms with E-state index >= 15 is 0 Å². The van der Waals surface area contributed by atoms with Gasteiger partial charge in [0.2, 0.25) is 0 Å². The minimum absolute atomic E-state index is 0. The van der Waals surface area contributed by atoms with E-state index in [2.05, 4.69) is 26.0 Å². The molecule has 0 unspecified atom stereocenters. The van der Waals surface area contributed by atoms with E-state index in [1.807, 2.05) is 13.0 Å². The predicted octanol–water partition coefficient (Wildman–Crippen LogP) is 3.21. The van der Waals surface area contributed by atoms with Gasteiger partial charge in [0.25, 0.3) is 10.0 Å². The summed E-state index contributed by atoms with van der Waals surface area (Å²) in [6.07, 6.45) is 3.84. The smallest absolute Gasteiger partial charge is 0.252 e. The van der Waals surface area contributed by atoms with Gasteiger partial charge in [0.05, 0.1) is 17.2 Å². The molecule has 29 heavy (non-hydrogen) atoms. The molecule has 7 nitrogen and oxygen atoms in total. The van der Waals surface area contributed by atoms with E-state index in [0.717, 1.165) is 47.8 Å². The number of nitrogens with one attached hydrogen (secondary N) is 2. The second kappa shape index (κ2) is 11.6. The van der Waals surface area contributed by atoms with Crippen LogP contribution in [0.3, 0.4) is 0 Å². The largest absolute Gasteiger partial charge is 0.356 e. The number of aryl methyl sites for hydroxylation is 1. The zero-order valence-corrected chi connectivity index (χ0v) is 21.5. The molecule has 162 valence electrons. The first-order chi connectivity index (χ1) is 13.5. The number of aliphatic imine (C=N–C) groups is 1. The van der Waals surface area contributed by atoms with E-state index in [4.69, 9.17) is 0 Å². The van der Waals surface area contributed by atoms with Crippen molar-refractivity contribution < 1.29 is 8.42 Å². The molecule has 1 aliphatic rings. The normalized spacial score (nSPS) is 15.7. The fourth-order valence-corrected chi connectivity index (χ4v) is 6.66. The quantitative estimate of drug-likeness (QED) is 0.304. The van der Waals surface area contributed by atoms with Crippen molar-refractivity contribution in [2.75, 3.05) is 26.7 Å². The maximum Gasteiger partial charge on any atom is 0.252 e. The van der Waals surface area contributed by atoms with Crippen LogP contribution in [0.2, 0.25) is 0 Å². The lowest BCUT2D eigenvalue weighted by atomic mass is 10.2. The lowest BCUT2D eigenvalue weighted by molar-refractivity contribution is 0.347. The summed E-state index contributed by atoms with van der Waals surface area (Å²) in [5.74, 6) is 0.695. The molecule has 0 aliphatic carbocycles. The number of nitrogens with zero attached hydrogens (tertiary/aromatic N) is 3. The number of thiazole rings is 1. The van der Waals surface area contributed by atoms with Crippen molar-refractivity contribution in [1.29, 1.82) is 0 Å². The first-order valence-electron chi connectivity index (χ1n) is 9.43. The minimum Gasteiger partial charge on any atom is -0.356 e. The Morgan fingerprint density at radius 1 is 1.24 bits per heavy atom. The van der Waals surface area contributed by atoms with Crippen LogP contribution in [0.25, 0.3) is 0 Å². The molecule has 2 aromatic heterocycles. The SMILES string of the molecule is CN=C(NCCc1csc(C)n1)NCc1ccc(S(=O)(=O)N2CCCCC2)s1.I. The summed E-state index contributed by atoms with van der Waals surface area (Å²) >= 11 is 2.98. The average molecular weight is 570 g/mol. The number of aromatic nitrogens is 1. The Morgan fingerprint density at radius 3 is 2.66 bits per heavy atom. The molecule has 0 atom stereocenters. The fourth-order valence-electron chi connectivity index (χ4n) is 3.05. The van der Waals surface area contributed by atoms with E-state index in [-0.39, 0.29) is 24.0 Å². The van der Waals surface area contributed by atoms with Crippen LogP contribution in [0.4, 0.5) is 0 Å². The van der Waals surface area contributed by atoms with Gasteiger partial charge in [0.1, 0.15) is 4.21 Å². The van der Waals surface area contributed by atoms with Crippen molar-refractivity contribution in [3.63, 3.8) is 0 Å². The topological polar surface area (TPSA) is 86.7 Å². The standard InChI is InChI=1S/C18H27N5O2S3.HI/c1-14-22-15(13-26-14)8-9-20-18(19-2)21-12-16-6-7-17(27-16)28(24,25)23-10-4-3-5-11-23;/h6-7,13H,3-5,8-12H2,1-2H3,(H2,19,20,21);1H. The van der Waals surface area contributed by atoms with E-state index in [9.17, 15) is 8.42 Å². The number of rotatable bonds is 7.